The minimum Gasteiger partial charge on any atom is -0.456 e. The number of benzene rings is 6. The topological polar surface area (TPSA) is 21.3 Å². The number of para-hydroxylation sites is 1. The van der Waals surface area contributed by atoms with Gasteiger partial charge in [0.25, 0.3) is 0 Å². The molecule has 40 heavy (non-hydrogen) atoms. The standard InChI is InChI=1S/C37H24N2O/c1-38(23-9-3-2-4-10-23)24-17-19-25(20-18-24)39-30-15-7-13-28-26-11-5-6-12-27(26)29-14-8-16-32-35(29)37-33(40-32)22-21-31(39)36(37)34(28)30/h2-22H,1H3. The minimum absolute atomic E-state index is 0.933. The first-order valence-corrected chi connectivity index (χ1v) is 13.7. The lowest BCUT2D eigenvalue weighted by Crippen LogP contribution is -2.09. The third-order valence-corrected chi connectivity index (χ3v) is 8.56. The molecule has 9 aromatic rings. The summed E-state index contributed by atoms with van der Waals surface area (Å²) < 4.78 is 8.89. The van der Waals surface area contributed by atoms with Gasteiger partial charge in [0.1, 0.15) is 11.2 Å². The van der Waals surface area contributed by atoms with Gasteiger partial charge in [0, 0.05) is 45.7 Å². The van der Waals surface area contributed by atoms with E-state index < -0.39 is 0 Å². The van der Waals surface area contributed by atoms with Gasteiger partial charge in [0.05, 0.1) is 11.0 Å². The Morgan fingerprint density at radius 1 is 0.450 bits per heavy atom. The lowest BCUT2D eigenvalue weighted by molar-refractivity contribution is 0.669. The Hall–Kier alpha value is -5.28. The van der Waals surface area contributed by atoms with E-state index in [1.54, 1.807) is 0 Å². The Morgan fingerprint density at radius 3 is 1.82 bits per heavy atom. The first-order chi connectivity index (χ1) is 19.8. The number of hydrogen-bond acceptors (Lipinski definition) is 2. The van der Waals surface area contributed by atoms with E-state index in [0.717, 1.165) is 22.5 Å². The van der Waals surface area contributed by atoms with Crippen molar-refractivity contribution in [1.29, 1.82) is 0 Å². The van der Waals surface area contributed by atoms with Crippen LogP contribution < -0.4 is 4.90 Å². The van der Waals surface area contributed by atoms with Crippen LogP contribution in [0.3, 0.4) is 0 Å². The van der Waals surface area contributed by atoms with Gasteiger partial charge in [-0.15, -0.1) is 0 Å². The van der Waals surface area contributed by atoms with Crippen molar-refractivity contribution in [2.24, 2.45) is 0 Å². The second kappa shape index (κ2) is 7.87. The molecule has 0 bridgehead atoms. The molecule has 3 heteroatoms. The molecule has 0 aliphatic carbocycles. The van der Waals surface area contributed by atoms with Gasteiger partial charge in [0.15, 0.2) is 0 Å². The second-order valence-corrected chi connectivity index (χ2v) is 10.6. The minimum atomic E-state index is 0.933. The lowest BCUT2D eigenvalue weighted by atomic mass is 9.95. The summed E-state index contributed by atoms with van der Waals surface area (Å²) in [4.78, 5) is 2.22. The molecular weight excluding hydrogens is 488 g/mol. The Balaban J connectivity index is 1.42. The van der Waals surface area contributed by atoms with Gasteiger partial charge in [-0.25, -0.2) is 0 Å². The third-order valence-electron chi connectivity index (χ3n) is 8.56. The average molecular weight is 513 g/mol. The van der Waals surface area contributed by atoms with E-state index in [9.17, 15) is 0 Å². The molecule has 0 atom stereocenters. The van der Waals surface area contributed by atoms with Crippen molar-refractivity contribution in [2.45, 2.75) is 0 Å². The largest absolute Gasteiger partial charge is 0.456 e. The number of fused-ring (bicyclic) bond motifs is 3. The van der Waals surface area contributed by atoms with Crippen LogP contribution in [0.1, 0.15) is 0 Å². The van der Waals surface area contributed by atoms with Crippen LogP contribution >= 0.6 is 0 Å². The highest BCUT2D eigenvalue weighted by Crippen LogP contribution is 2.46. The fraction of sp³-hybridized carbons (Fsp3) is 0.0270. The van der Waals surface area contributed by atoms with Crippen molar-refractivity contribution < 1.29 is 4.42 Å². The Kier molecular flexibility index (Phi) is 4.26. The van der Waals surface area contributed by atoms with Gasteiger partial charge in [0.2, 0.25) is 0 Å². The molecular formula is C37H24N2O. The van der Waals surface area contributed by atoms with Crippen LogP contribution in [-0.4, -0.2) is 11.6 Å². The molecule has 2 heterocycles. The predicted octanol–water partition coefficient (Wildman–Crippen LogP) is 10.2. The van der Waals surface area contributed by atoms with Crippen molar-refractivity contribution in [3.63, 3.8) is 0 Å². The van der Waals surface area contributed by atoms with E-state index in [2.05, 4.69) is 144 Å². The molecule has 3 nitrogen and oxygen atoms in total. The summed E-state index contributed by atoms with van der Waals surface area (Å²) in [5.41, 5.74) is 7.72. The molecule has 0 amide bonds. The van der Waals surface area contributed by atoms with Gasteiger partial charge in [-0.05, 0) is 82.2 Å². The Labute approximate surface area is 230 Å². The van der Waals surface area contributed by atoms with Crippen LogP contribution in [0.5, 0.6) is 0 Å². The molecule has 188 valence electrons. The predicted molar refractivity (Wildman–Crippen MR) is 169 cm³/mol. The summed E-state index contributed by atoms with van der Waals surface area (Å²) in [7, 11) is 2.11. The van der Waals surface area contributed by atoms with Crippen LogP contribution in [0.2, 0.25) is 0 Å². The number of anilines is 2. The molecule has 0 radical (unpaired) electrons. The van der Waals surface area contributed by atoms with Crippen LogP contribution in [-0.2, 0) is 0 Å². The third kappa shape index (κ3) is 2.79. The van der Waals surface area contributed by atoms with E-state index in [1.165, 1.54) is 59.8 Å². The molecule has 9 rings (SSSR count). The molecule has 7 aromatic carbocycles. The normalized spacial score (nSPS) is 12.1. The number of aromatic nitrogens is 1. The lowest BCUT2D eigenvalue weighted by Gasteiger charge is -2.20. The number of furan rings is 1. The van der Waals surface area contributed by atoms with Crippen LogP contribution in [0.25, 0.3) is 71.0 Å². The molecule has 0 aliphatic heterocycles. The van der Waals surface area contributed by atoms with E-state index >= 15 is 0 Å². The number of rotatable bonds is 3. The highest BCUT2D eigenvalue weighted by molar-refractivity contribution is 6.38. The van der Waals surface area contributed by atoms with Crippen molar-refractivity contribution in [2.75, 3.05) is 11.9 Å². The van der Waals surface area contributed by atoms with Crippen molar-refractivity contribution in [3.05, 3.63) is 127 Å². The second-order valence-electron chi connectivity index (χ2n) is 10.6. The van der Waals surface area contributed by atoms with Gasteiger partial charge < -0.3 is 13.9 Å². The molecule has 0 saturated heterocycles. The Bertz CT molecular complexity index is 2380. The fourth-order valence-corrected chi connectivity index (χ4v) is 6.76. The highest BCUT2D eigenvalue weighted by Gasteiger charge is 2.22. The molecule has 0 saturated carbocycles. The summed E-state index contributed by atoms with van der Waals surface area (Å²) in [5.74, 6) is 0. The van der Waals surface area contributed by atoms with Crippen LogP contribution in [0, 0.1) is 0 Å². The maximum atomic E-state index is 6.47. The van der Waals surface area contributed by atoms with E-state index in [0.29, 0.717) is 0 Å². The first-order valence-electron chi connectivity index (χ1n) is 13.7. The molecule has 0 spiro atoms. The van der Waals surface area contributed by atoms with Gasteiger partial charge in [-0.3, -0.25) is 0 Å². The maximum Gasteiger partial charge on any atom is 0.136 e. The molecule has 2 aromatic heterocycles. The fourth-order valence-electron chi connectivity index (χ4n) is 6.76. The smallest absolute Gasteiger partial charge is 0.136 e. The van der Waals surface area contributed by atoms with Crippen molar-refractivity contribution >= 4 is 76.7 Å². The molecule has 0 fully saturated rings. The summed E-state index contributed by atoms with van der Waals surface area (Å²) in [5, 5.41) is 9.91. The SMILES string of the molecule is CN(c1ccccc1)c1ccc(-n2c3cccc4c5ccccc5c5cccc6oc7ccc2c(c7c65)c43)cc1. The van der Waals surface area contributed by atoms with Crippen LogP contribution in [0.4, 0.5) is 11.4 Å². The molecule has 0 aliphatic rings. The van der Waals surface area contributed by atoms with E-state index in [1.807, 2.05) is 0 Å². The Morgan fingerprint density at radius 2 is 1.05 bits per heavy atom. The zero-order chi connectivity index (χ0) is 26.4. The number of nitrogens with zero attached hydrogens (tertiary/aromatic N) is 2. The van der Waals surface area contributed by atoms with Crippen molar-refractivity contribution in [3.8, 4) is 5.69 Å². The highest BCUT2D eigenvalue weighted by atomic mass is 16.3. The monoisotopic (exact) mass is 512 g/mol. The first kappa shape index (κ1) is 21.6. The van der Waals surface area contributed by atoms with E-state index in [-0.39, 0.29) is 0 Å². The summed E-state index contributed by atoms with van der Waals surface area (Å²) in [6, 6.07) is 45.7. The van der Waals surface area contributed by atoms with Gasteiger partial charge >= 0.3 is 0 Å². The summed E-state index contributed by atoms with van der Waals surface area (Å²) >= 11 is 0. The summed E-state index contributed by atoms with van der Waals surface area (Å²) in [6.45, 7) is 0. The molecule has 0 N–H and O–H groups in total. The maximum absolute atomic E-state index is 6.47. The quantitative estimate of drug-likeness (QED) is 0.235. The molecule has 0 unspecified atom stereocenters. The van der Waals surface area contributed by atoms with Crippen molar-refractivity contribution in [1.82, 2.24) is 4.57 Å². The number of hydrogen-bond donors (Lipinski definition) is 0. The van der Waals surface area contributed by atoms with E-state index in [4.69, 9.17) is 4.42 Å². The van der Waals surface area contributed by atoms with Crippen LogP contribution in [0.15, 0.2) is 132 Å². The van der Waals surface area contributed by atoms with Gasteiger partial charge in [-0.1, -0.05) is 66.7 Å². The average Bonchev–Trinajstić information content (AvgIpc) is 3.56. The zero-order valence-electron chi connectivity index (χ0n) is 21.9. The summed E-state index contributed by atoms with van der Waals surface area (Å²) in [6.07, 6.45) is 0. The zero-order valence-corrected chi connectivity index (χ0v) is 21.9. The van der Waals surface area contributed by atoms with Gasteiger partial charge in [-0.2, -0.15) is 0 Å².